The molecular formula is C15H23FN2O2. The maximum Gasteiger partial charge on any atom is 0.239 e. The van der Waals surface area contributed by atoms with Crippen molar-refractivity contribution in [1.29, 1.82) is 0 Å². The fourth-order valence-electron chi connectivity index (χ4n) is 1.60. The highest BCUT2D eigenvalue weighted by molar-refractivity contribution is 5.81. The summed E-state index contributed by atoms with van der Waals surface area (Å²) < 4.78 is 18.5. The molecule has 2 N–H and O–H groups in total. The van der Waals surface area contributed by atoms with Crippen LogP contribution in [0.1, 0.15) is 34.1 Å². The number of hydrogen-bond donors (Lipinski definition) is 2. The Morgan fingerprint density at radius 1 is 1.35 bits per heavy atom. The molecule has 0 atom stereocenters. The average Bonchev–Trinajstić information content (AvgIpc) is 2.38. The lowest BCUT2D eigenvalue weighted by molar-refractivity contribution is -0.121. The van der Waals surface area contributed by atoms with Crippen molar-refractivity contribution >= 4 is 11.6 Å². The van der Waals surface area contributed by atoms with E-state index < -0.39 is 0 Å². The van der Waals surface area contributed by atoms with E-state index in [9.17, 15) is 9.18 Å². The molecule has 20 heavy (non-hydrogen) atoms. The van der Waals surface area contributed by atoms with E-state index in [-0.39, 0.29) is 23.8 Å². The fraction of sp³-hybridized carbons (Fsp3) is 0.533. The van der Waals surface area contributed by atoms with Crippen molar-refractivity contribution in [3.8, 4) is 5.75 Å². The number of nitrogens with one attached hydrogen (secondary N) is 2. The van der Waals surface area contributed by atoms with Crippen LogP contribution in [0.2, 0.25) is 0 Å². The number of carbonyl (C=O) groups is 1. The molecule has 0 bridgehead atoms. The smallest absolute Gasteiger partial charge is 0.239 e. The van der Waals surface area contributed by atoms with Crippen molar-refractivity contribution in [3.05, 3.63) is 24.0 Å². The van der Waals surface area contributed by atoms with Gasteiger partial charge in [-0.05, 0) is 39.3 Å². The Labute approximate surface area is 119 Å². The molecule has 0 spiro atoms. The molecule has 112 valence electrons. The maximum absolute atomic E-state index is 13.2. The molecule has 0 aliphatic heterocycles. The summed E-state index contributed by atoms with van der Waals surface area (Å²) in [6.07, 6.45) is 0.847. The summed E-state index contributed by atoms with van der Waals surface area (Å²) >= 11 is 0. The van der Waals surface area contributed by atoms with Crippen molar-refractivity contribution in [1.82, 2.24) is 5.32 Å². The van der Waals surface area contributed by atoms with Gasteiger partial charge in [-0.3, -0.25) is 4.79 Å². The molecule has 0 aliphatic carbocycles. The largest absolute Gasteiger partial charge is 0.492 e. The van der Waals surface area contributed by atoms with Crippen molar-refractivity contribution in [3.63, 3.8) is 0 Å². The quantitative estimate of drug-likeness (QED) is 0.808. The van der Waals surface area contributed by atoms with E-state index in [1.54, 1.807) is 6.07 Å². The van der Waals surface area contributed by atoms with Crippen LogP contribution < -0.4 is 15.4 Å². The second-order valence-corrected chi connectivity index (χ2v) is 5.21. The normalized spacial score (nSPS) is 11.1. The third kappa shape index (κ3) is 5.07. The molecule has 0 saturated heterocycles. The first-order valence-corrected chi connectivity index (χ1v) is 6.85. The Morgan fingerprint density at radius 2 is 2.05 bits per heavy atom. The van der Waals surface area contributed by atoms with Crippen molar-refractivity contribution in [2.75, 3.05) is 18.5 Å². The zero-order valence-electron chi connectivity index (χ0n) is 12.5. The van der Waals surface area contributed by atoms with Gasteiger partial charge in [-0.2, -0.15) is 0 Å². The monoisotopic (exact) mass is 282 g/mol. The Morgan fingerprint density at radius 3 is 2.65 bits per heavy atom. The SMILES string of the molecule is CCOc1cc(F)ccc1NCC(=O)NC(C)(C)CC. The highest BCUT2D eigenvalue weighted by Gasteiger charge is 2.17. The van der Waals surface area contributed by atoms with Gasteiger partial charge >= 0.3 is 0 Å². The first kappa shape index (κ1) is 16.3. The molecule has 0 radical (unpaired) electrons. The minimum atomic E-state index is -0.365. The Balaban J connectivity index is 2.63. The van der Waals surface area contributed by atoms with Crippen LogP contribution in [0.4, 0.5) is 10.1 Å². The highest BCUT2D eigenvalue weighted by Crippen LogP contribution is 2.25. The minimum Gasteiger partial charge on any atom is -0.492 e. The second-order valence-electron chi connectivity index (χ2n) is 5.21. The summed E-state index contributed by atoms with van der Waals surface area (Å²) in [5.74, 6) is -0.0609. The number of anilines is 1. The molecule has 1 rings (SSSR count). The molecule has 0 aromatic heterocycles. The zero-order valence-corrected chi connectivity index (χ0v) is 12.5. The van der Waals surface area contributed by atoms with Crippen molar-refractivity contribution in [2.45, 2.75) is 39.7 Å². The van der Waals surface area contributed by atoms with Gasteiger partial charge in [0.15, 0.2) is 0 Å². The van der Waals surface area contributed by atoms with Crippen LogP contribution in [0.3, 0.4) is 0 Å². The van der Waals surface area contributed by atoms with Gasteiger partial charge in [-0.15, -0.1) is 0 Å². The molecule has 4 nitrogen and oxygen atoms in total. The number of hydrogen-bond acceptors (Lipinski definition) is 3. The maximum atomic E-state index is 13.2. The number of amides is 1. The standard InChI is InChI=1S/C15H23FN2O2/c1-5-15(3,4)18-14(19)10-17-12-8-7-11(16)9-13(12)20-6-2/h7-9,17H,5-6,10H2,1-4H3,(H,18,19). The molecule has 1 amide bonds. The molecular weight excluding hydrogens is 259 g/mol. The van der Waals surface area contributed by atoms with Crippen LogP contribution >= 0.6 is 0 Å². The van der Waals surface area contributed by atoms with E-state index in [1.807, 2.05) is 27.7 Å². The summed E-state index contributed by atoms with van der Waals surface area (Å²) in [6, 6.07) is 4.21. The van der Waals surface area contributed by atoms with E-state index in [1.165, 1.54) is 12.1 Å². The van der Waals surface area contributed by atoms with Crippen LogP contribution in [0.15, 0.2) is 18.2 Å². The number of carbonyl (C=O) groups excluding carboxylic acids is 1. The molecule has 0 unspecified atom stereocenters. The van der Waals surface area contributed by atoms with E-state index in [2.05, 4.69) is 10.6 Å². The summed E-state index contributed by atoms with van der Waals surface area (Å²) in [7, 11) is 0. The molecule has 1 aromatic carbocycles. The predicted molar refractivity (Wildman–Crippen MR) is 78.6 cm³/mol. The van der Waals surface area contributed by atoms with Crippen molar-refractivity contribution < 1.29 is 13.9 Å². The number of ether oxygens (including phenoxy) is 1. The third-order valence-corrected chi connectivity index (χ3v) is 3.04. The van der Waals surface area contributed by atoms with E-state index >= 15 is 0 Å². The highest BCUT2D eigenvalue weighted by atomic mass is 19.1. The van der Waals surface area contributed by atoms with E-state index in [0.717, 1.165) is 6.42 Å². The lowest BCUT2D eigenvalue weighted by atomic mass is 10.0. The number of rotatable bonds is 7. The molecule has 0 fully saturated rings. The van der Waals surface area contributed by atoms with Gasteiger partial charge in [-0.1, -0.05) is 6.92 Å². The summed E-state index contributed by atoms with van der Waals surface area (Å²) in [5, 5.41) is 5.89. The van der Waals surface area contributed by atoms with Gasteiger partial charge in [-0.25, -0.2) is 4.39 Å². The second kappa shape index (κ2) is 7.12. The van der Waals surface area contributed by atoms with Crippen molar-refractivity contribution in [2.24, 2.45) is 0 Å². The third-order valence-electron chi connectivity index (χ3n) is 3.04. The van der Waals surface area contributed by atoms with Crippen LogP contribution in [0.5, 0.6) is 5.75 Å². The van der Waals surface area contributed by atoms with Gasteiger partial charge in [0.05, 0.1) is 18.8 Å². The first-order valence-electron chi connectivity index (χ1n) is 6.85. The first-order chi connectivity index (χ1) is 9.38. The fourth-order valence-corrected chi connectivity index (χ4v) is 1.60. The van der Waals surface area contributed by atoms with Crippen LogP contribution in [0, 0.1) is 5.82 Å². The Bertz CT molecular complexity index is 461. The topological polar surface area (TPSA) is 50.4 Å². The summed E-state index contributed by atoms with van der Waals surface area (Å²) in [4.78, 5) is 11.8. The molecule has 5 heteroatoms. The molecule has 0 saturated carbocycles. The van der Waals surface area contributed by atoms with Gasteiger partial charge in [0.25, 0.3) is 0 Å². The molecule has 1 aromatic rings. The Kier molecular flexibility index (Phi) is 5.80. The minimum absolute atomic E-state index is 0.108. The summed E-state index contributed by atoms with van der Waals surface area (Å²) in [5.41, 5.74) is 0.377. The lowest BCUT2D eigenvalue weighted by Gasteiger charge is -2.24. The van der Waals surface area contributed by atoms with Gasteiger partial charge in [0.2, 0.25) is 5.91 Å². The summed E-state index contributed by atoms with van der Waals surface area (Å²) in [6.45, 7) is 8.33. The molecule has 0 aliphatic rings. The zero-order chi connectivity index (χ0) is 15.2. The number of benzene rings is 1. The predicted octanol–water partition coefficient (Wildman–Crippen LogP) is 2.94. The van der Waals surface area contributed by atoms with E-state index in [4.69, 9.17) is 4.74 Å². The molecule has 0 heterocycles. The average molecular weight is 282 g/mol. The Hall–Kier alpha value is -1.78. The lowest BCUT2D eigenvalue weighted by Crippen LogP contribution is -2.45. The van der Waals surface area contributed by atoms with E-state index in [0.29, 0.717) is 18.0 Å². The van der Waals surface area contributed by atoms with Crippen LogP contribution in [-0.2, 0) is 4.79 Å². The van der Waals surface area contributed by atoms with Gasteiger partial charge in [0.1, 0.15) is 11.6 Å². The number of halogens is 1. The van der Waals surface area contributed by atoms with Gasteiger partial charge < -0.3 is 15.4 Å². The van der Waals surface area contributed by atoms with Crippen LogP contribution in [0.25, 0.3) is 0 Å². The van der Waals surface area contributed by atoms with Crippen LogP contribution in [-0.4, -0.2) is 24.6 Å². The van der Waals surface area contributed by atoms with Gasteiger partial charge in [0, 0.05) is 11.6 Å².